The Balaban J connectivity index is 1.99. The minimum absolute atomic E-state index is 0.0420. The predicted octanol–water partition coefficient (Wildman–Crippen LogP) is 2.97. The van der Waals surface area contributed by atoms with Crippen LogP contribution in [-0.4, -0.2) is 22.9 Å². The third-order valence-corrected chi connectivity index (χ3v) is 4.48. The van der Waals surface area contributed by atoms with E-state index >= 15 is 0 Å². The Kier molecular flexibility index (Phi) is 6.71. The molecule has 0 saturated heterocycles. The Labute approximate surface area is 149 Å². The van der Waals surface area contributed by atoms with Crippen molar-refractivity contribution in [1.29, 1.82) is 0 Å². The average molecular weight is 360 g/mol. The second kappa shape index (κ2) is 8.98. The van der Waals surface area contributed by atoms with Crippen molar-refractivity contribution in [2.45, 2.75) is 32.2 Å². The Morgan fingerprint density at radius 1 is 1.20 bits per heavy atom. The molecule has 2 rings (SSSR count). The van der Waals surface area contributed by atoms with Crippen LogP contribution in [0.4, 0.5) is 5.69 Å². The first-order valence-electron chi connectivity index (χ1n) is 7.85. The minimum atomic E-state index is -0.858. The zero-order valence-corrected chi connectivity index (χ0v) is 14.6. The first-order chi connectivity index (χ1) is 11.9. The molecule has 7 heteroatoms. The van der Waals surface area contributed by atoms with Gasteiger partial charge >= 0.3 is 5.97 Å². The smallest absolute Gasteiger partial charge is 0.303 e. The molecule has 0 bridgehead atoms. The molecule has 0 saturated carbocycles. The molecule has 25 heavy (non-hydrogen) atoms. The van der Waals surface area contributed by atoms with Gasteiger partial charge in [0.1, 0.15) is 0 Å². The van der Waals surface area contributed by atoms with Crippen LogP contribution in [0.3, 0.4) is 0 Å². The van der Waals surface area contributed by atoms with Gasteiger partial charge in [0.15, 0.2) is 0 Å². The van der Waals surface area contributed by atoms with Crippen molar-refractivity contribution in [3.8, 4) is 0 Å². The van der Waals surface area contributed by atoms with Gasteiger partial charge < -0.3 is 15.7 Å². The van der Waals surface area contributed by atoms with E-state index in [0.29, 0.717) is 12.1 Å². The number of aliphatic carboxylic acids is 1. The first kappa shape index (κ1) is 18.7. The van der Waals surface area contributed by atoms with Gasteiger partial charge in [-0.1, -0.05) is 18.2 Å². The monoisotopic (exact) mass is 360 g/mol. The van der Waals surface area contributed by atoms with Gasteiger partial charge in [-0.25, -0.2) is 0 Å². The van der Waals surface area contributed by atoms with E-state index in [1.807, 2.05) is 23.6 Å². The van der Waals surface area contributed by atoms with Crippen molar-refractivity contribution in [1.82, 2.24) is 5.32 Å². The fraction of sp³-hybridized carbons (Fsp3) is 0.278. The topological polar surface area (TPSA) is 95.5 Å². The first-order valence-corrected chi connectivity index (χ1v) is 8.73. The Morgan fingerprint density at radius 2 is 2.00 bits per heavy atom. The van der Waals surface area contributed by atoms with Crippen LogP contribution >= 0.6 is 11.3 Å². The third-order valence-electron chi connectivity index (χ3n) is 3.49. The second-order valence-corrected chi connectivity index (χ2v) is 6.59. The number of hydrogen-bond donors (Lipinski definition) is 3. The molecule has 6 nitrogen and oxygen atoms in total. The largest absolute Gasteiger partial charge is 0.481 e. The summed E-state index contributed by atoms with van der Waals surface area (Å²) in [5.74, 6) is -1.27. The highest BCUT2D eigenvalue weighted by Crippen LogP contribution is 2.23. The summed E-state index contributed by atoms with van der Waals surface area (Å²) in [7, 11) is 0. The van der Waals surface area contributed by atoms with E-state index in [1.54, 1.807) is 18.2 Å². The molecule has 1 heterocycles. The number of carboxylic acids is 1. The van der Waals surface area contributed by atoms with Crippen LogP contribution in [0.2, 0.25) is 0 Å². The fourth-order valence-electron chi connectivity index (χ4n) is 2.41. The molecule has 0 aliphatic carbocycles. The fourth-order valence-corrected chi connectivity index (χ4v) is 3.19. The van der Waals surface area contributed by atoms with E-state index < -0.39 is 5.97 Å². The van der Waals surface area contributed by atoms with E-state index in [-0.39, 0.29) is 30.7 Å². The lowest BCUT2D eigenvalue weighted by molar-refractivity contribution is -0.137. The zero-order chi connectivity index (χ0) is 18.2. The van der Waals surface area contributed by atoms with Crippen molar-refractivity contribution in [3.63, 3.8) is 0 Å². The van der Waals surface area contributed by atoms with Crippen LogP contribution in [0.25, 0.3) is 0 Å². The number of benzene rings is 1. The summed E-state index contributed by atoms with van der Waals surface area (Å²) in [6.45, 7) is 1.42. The van der Waals surface area contributed by atoms with Gasteiger partial charge in [-0.15, -0.1) is 11.3 Å². The molecule has 0 radical (unpaired) electrons. The van der Waals surface area contributed by atoms with E-state index in [9.17, 15) is 14.4 Å². The van der Waals surface area contributed by atoms with E-state index in [1.165, 1.54) is 18.3 Å². The molecule has 1 aromatic heterocycles. The summed E-state index contributed by atoms with van der Waals surface area (Å²) < 4.78 is 0. The zero-order valence-electron chi connectivity index (χ0n) is 13.8. The van der Waals surface area contributed by atoms with Crippen LogP contribution < -0.4 is 10.6 Å². The number of thiophene rings is 1. The lowest BCUT2D eigenvalue weighted by Gasteiger charge is -2.16. The minimum Gasteiger partial charge on any atom is -0.481 e. The maximum Gasteiger partial charge on any atom is 0.303 e. The van der Waals surface area contributed by atoms with Gasteiger partial charge in [-0.05, 0) is 35.6 Å². The van der Waals surface area contributed by atoms with Gasteiger partial charge in [0.2, 0.25) is 11.8 Å². The summed E-state index contributed by atoms with van der Waals surface area (Å²) >= 11 is 1.48. The van der Waals surface area contributed by atoms with Crippen molar-refractivity contribution in [2.24, 2.45) is 0 Å². The Bertz CT molecular complexity index is 743. The molecule has 0 fully saturated rings. The summed E-state index contributed by atoms with van der Waals surface area (Å²) in [6.07, 6.45) is 0.572. The highest BCUT2D eigenvalue weighted by molar-refractivity contribution is 7.10. The van der Waals surface area contributed by atoms with Crippen molar-refractivity contribution < 1.29 is 19.5 Å². The van der Waals surface area contributed by atoms with Crippen molar-refractivity contribution in [2.75, 3.05) is 5.32 Å². The van der Waals surface area contributed by atoms with Gasteiger partial charge in [-0.3, -0.25) is 14.4 Å². The number of carboxylic acid groups (broad SMARTS) is 1. The molecule has 1 atom stereocenters. The highest BCUT2D eigenvalue weighted by Gasteiger charge is 2.18. The summed E-state index contributed by atoms with van der Waals surface area (Å²) in [5.41, 5.74) is 1.46. The second-order valence-electron chi connectivity index (χ2n) is 5.61. The Morgan fingerprint density at radius 3 is 2.64 bits per heavy atom. The predicted molar refractivity (Wildman–Crippen MR) is 96.5 cm³/mol. The number of anilines is 1. The Hall–Kier alpha value is -2.67. The number of nitrogens with one attached hydrogen (secondary N) is 2. The number of amides is 2. The summed E-state index contributed by atoms with van der Waals surface area (Å²) in [5, 5.41) is 16.2. The third kappa shape index (κ3) is 6.39. The lowest BCUT2D eigenvalue weighted by Crippen LogP contribution is -2.29. The van der Waals surface area contributed by atoms with Crippen molar-refractivity contribution in [3.05, 3.63) is 52.2 Å². The molecule has 1 unspecified atom stereocenters. The molecular formula is C18H20N2O4S. The highest BCUT2D eigenvalue weighted by atomic mass is 32.1. The van der Waals surface area contributed by atoms with E-state index in [4.69, 9.17) is 5.11 Å². The van der Waals surface area contributed by atoms with Crippen LogP contribution in [0, 0.1) is 0 Å². The van der Waals surface area contributed by atoms with Crippen LogP contribution in [0.5, 0.6) is 0 Å². The standard InChI is InChI=1S/C18H20N2O4S/c1-12(21)19-15(16-6-3-9-25-16)11-17(22)20-14-5-2-4-13(10-14)7-8-18(23)24/h2-6,9-10,15H,7-8,11H2,1H3,(H,19,21)(H,20,22)(H,23,24). The maximum absolute atomic E-state index is 12.3. The van der Waals surface area contributed by atoms with Crippen molar-refractivity contribution >= 4 is 34.8 Å². The van der Waals surface area contributed by atoms with Crippen LogP contribution in [0.1, 0.15) is 36.2 Å². The summed E-state index contributed by atoms with van der Waals surface area (Å²) in [4.78, 5) is 35.3. The molecule has 0 aliphatic rings. The van der Waals surface area contributed by atoms with Gasteiger partial charge in [0, 0.05) is 23.9 Å². The van der Waals surface area contributed by atoms with E-state index in [0.717, 1.165) is 10.4 Å². The van der Waals surface area contributed by atoms with Gasteiger partial charge in [-0.2, -0.15) is 0 Å². The van der Waals surface area contributed by atoms with Gasteiger partial charge in [0.05, 0.1) is 12.5 Å². The molecule has 1 aromatic carbocycles. The normalized spacial score (nSPS) is 11.6. The molecule has 0 spiro atoms. The number of carbonyl (C=O) groups is 3. The quantitative estimate of drug-likeness (QED) is 0.674. The van der Waals surface area contributed by atoms with Gasteiger partial charge in [0.25, 0.3) is 0 Å². The maximum atomic E-state index is 12.3. The SMILES string of the molecule is CC(=O)NC(CC(=O)Nc1cccc(CCC(=O)O)c1)c1cccs1. The molecule has 3 N–H and O–H groups in total. The van der Waals surface area contributed by atoms with Crippen LogP contribution in [0.15, 0.2) is 41.8 Å². The molecule has 132 valence electrons. The van der Waals surface area contributed by atoms with E-state index in [2.05, 4.69) is 10.6 Å². The molecule has 0 aliphatic heterocycles. The number of carbonyl (C=O) groups excluding carboxylic acids is 2. The average Bonchev–Trinajstić information content (AvgIpc) is 3.06. The number of aryl methyl sites for hydroxylation is 1. The molecule has 2 aromatic rings. The number of rotatable bonds is 8. The summed E-state index contributed by atoms with van der Waals surface area (Å²) in [6, 6.07) is 10.5. The van der Waals surface area contributed by atoms with Crippen LogP contribution in [-0.2, 0) is 20.8 Å². The molecular weight excluding hydrogens is 340 g/mol. The molecule has 2 amide bonds. The lowest BCUT2D eigenvalue weighted by atomic mass is 10.1. The number of hydrogen-bond acceptors (Lipinski definition) is 4.